The van der Waals surface area contributed by atoms with E-state index in [-0.39, 0.29) is 24.3 Å². The third kappa shape index (κ3) is 4.88. The lowest BCUT2D eigenvalue weighted by atomic mass is 10.1. The highest BCUT2D eigenvalue weighted by molar-refractivity contribution is 7.10. The molecule has 1 N–H and O–H groups in total. The van der Waals surface area contributed by atoms with Crippen LogP contribution in [0.1, 0.15) is 34.9 Å². The van der Waals surface area contributed by atoms with Crippen molar-refractivity contribution in [1.29, 1.82) is 0 Å². The summed E-state index contributed by atoms with van der Waals surface area (Å²) in [5.41, 5.74) is 1.07. The molecule has 2 amide bonds. The summed E-state index contributed by atoms with van der Waals surface area (Å²) in [6, 6.07) is 7.10. The number of carbonyl (C=O) groups is 2. The summed E-state index contributed by atoms with van der Waals surface area (Å²) >= 11 is 1.66. The topological polar surface area (TPSA) is 49.4 Å². The first-order valence-electron chi connectivity index (χ1n) is 8.58. The van der Waals surface area contributed by atoms with Crippen LogP contribution in [0.5, 0.6) is 0 Å². The quantitative estimate of drug-likeness (QED) is 0.835. The van der Waals surface area contributed by atoms with E-state index in [1.807, 2.05) is 16.8 Å². The zero-order chi connectivity index (χ0) is 19.4. The standard InChI is InChI=1S/C19H19F3N2O2S/c20-19(21,22)18(13-4-2-1-3-5-13)23-16(25)6-7-17(26)24-10-8-15-14(12-24)9-11-27-15/h1-5,9,11,18H,6-8,10,12H2,(H,23,25). The van der Waals surface area contributed by atoms with Crippen molar-refractivity contribution in [3.8, 4) is 0 Å². The summed E-state index contributed by atoms with van der Waals surface area (Å²) in [4.78, 5) is 27.3. The predicted octanol–water partition coefficient (Wildman–Crippen LogP) is 3.83. The molecule has 8 heteroatoms. The van der Waals surface area contributed by atoms with E-state index in [1.165, 1.54) is 29.1 Å². The summed E-state index contributed by atoms with van der Waals surface area (Å²) in [5, 5.41) is 3.99. The normalized spacial score (nSPS) is 15.1. The Labute approximate surface area is 159 Å². The van der Waals surface area contributed by atoms with Crippen LogP contribution in [0.15, 0.2) is 41.8 Å². The van der Waals surface area contributed by atoms with Crippen molar-refractivity contribution >= 4 is 23.2 Å². The largest absolute Gasteiger partial charge is 0.412 e. The van der Waals surface area contributed by atoms with Crippen LogP contribution in [-0.2, 0) is 22.6 Å². The fourth-order valence-corrected chi connectivity index (χ4v) is 3.96. The van der Waals surface area contributed by atoms with E-state index < -0.39 is 18.1 Å². The first-order valence-corrected chi connectivity index (χ1v) is 9.46. The molecule has 144 valence electrons. The zero-order valence-corrected chi connectivity index (χ0v) is 15.3. The zero-order valence-electron chi connectivity index (χ0n) is 14.5. The summed E-state index contributed by atoms with van der Waals surface area (Å²) < 4.78 is 39.8. The highest BCUT2D eigenvalue weighted by Gasteiger charge is 2.41. The van der Waals surface area contributed by atoms with E-state index in [4.69, 9.17) is 0 Å². The Bertz CT molecular complexity index is 805. The van der Waals surface area contributed by atoms with Crippen LogP contribution in [0.2, 0.25) is 0 Å². The Morgan fingerprint density at radius 3 is 2.59 bits per heavy atom. The summed E-state index contributed by atoms with van der Waals surface area (Å²) in [5.74, 6) is -1.01. The lowest BCUT2D eigenvalue weighted by molar-refractivity contribution is -0.163. The number of hydrogen-bond donors (Lipinski definition) is 1. The predicted molar refractivity (Wildman–Crippen MR) is 96.1 cm³/mol. The van der Waals surface area contributed by atoms with Gasteiger partial charge in [0.2, 0.25) is 11.8 Å². The molecule has 1 aliphatic rings. The lowest BCUT2D eigenvalue weighted by Crippen LogP contribution is -2.39. The number of fused-ring (bicyclic) bond motifs is 1. The van der Waals surface area contributed by atoms with Crippen molar-refractivity contribution in [2.75, 3.05) is 6.54 Å². The fraction of sp³-hybridized carbons (Fsp3) is 0.368. The SMILES string of the molecule is O=C(CCC(=O)N1CCc2sccc2C1)NC(c1ccccc1)C(F)(F)F. The van der Waals surface area contributed by atoms with Gasteiger partial charge in [0.25, 0.3) is 0 Å². The van der Waals surface area contributed by atoms with Crippen molar-refractivity contribution in [3.05, 3.63) is 57.8 Å². The van der Waals surface area contributed by atoms with E-state index in [2.05, 4.69) is 0 Å². The van der Waals surface area contributed by atoms with Crippen LogP contribution < -0.4 is 5.32 Å². The molecule has 0 saturated carbocycles. The lowest BCUT2D eigenvalue weighted by Gasteiger charge is -2.27. The first-order chi connectivity index (χ1) is 12.8. The number of benzene rings is 1. The van der Waals surface area contributed by atoms with E-state index in [0.29, 0.717) is 13.1 Å². The van der Waals surface area contributed by atoms with Crippen molar-refractivity contribution in [2.24, 2.45) is 0 Å². The van der Waals surface area contributed by atoms with Gasteiger partial charge < -0.3 is 10.2 Å². The van der Waals surface area contributed by atoms with E-state index in [9.17, 15) is 22.8 Å². The minimum Gasteiger partial charge on any atom is -0.341 e. The number of rotatable bonds is 5. The monoisotopic (exact) mass is 396 g/mol. The highest BCUT2D eigenvalue weighted by Crippen LogP contribution is 2.32. The van der Waals surface area contributed by atoms with E-state index >= 15 is 0 Å². The van der Waals surface area contributed by atoms with Crippen LogP contribution in [-0.4, -0.2) is 29.4 Å². The van der Waals surface area contributed by atoms with Crippen LogP contribution in [0.25, 0.3) is 0 Å². The average Bonchev–Trinajstić information content (AvgIpc) is 3.11. The van der Waals surface area contributed by atoms with Gasteiger partial charge in [-0.1, -0.05) is 30.3 Å². The molecule has 3 rings (SSSR count). The molecule has 1 aromatic carbocycles. The Kier molecular flexibility index (Phi) is 5.84. The third-order valence-corrected chi connectivity index (χ3v) is 5.51. The van der Waals surface area contributed by atoms with Crippen LogP contribution in [0.3, 0.4) is 0 Å². The number of alkyl halides is 3. The van der Waals surface area contributed by atoms with Crippen LogP contribution in [0, 0.1) is 0 Å². The maximum absolute atomic E-state index is 13.3. The van der Waals surface area contributed by atoms with E-state index in [0.717, 1.165) is 12.0 Å². The second-order valence-corrected chi connectivity index (χ2v) is 7.39. The number of amides is 2. The molecule has 0 fully saturated rings. The molecule has 0 bridgehead atoms. The molecule has 0 saturated heterocycles. The van der Waals surface area contributed by atoms with Gasteiger partial charge in [-0.15, -0.1) is 11.3 Å². The fourth-order valence-electron chi connectivity index (χ4n) is 3.07. The Balaban J connectivity index is 1.55. The number of thiophene rings is 1. The summed E-state index contributed by atoms with van der Waals surface area (Å²) in [7, 11) is 0. The van der Waals surface area contributed by atoms with Crippen LogP contribution in [0.4, 0.5) is 13.2 Å². The van der Waals surface area contributed by atoms with Crippen molar-refractivity contribution in [3.63, 3.8) is 0 Å². The van der Waals surface area contributed by atoms with Gasteiger partial charge in [-0.2, -0.15) is 13.2 Å². The van der Waals surface area contributed by atoms with Gasteiger partial charge in [-0.3, -0.25) is 9.59 Å². The number of hydrogen-bond acceptors (Lipinski definition) is 3. The van der Waals surface area contributed by atoms with Gasteiger partial charge in [0, 0.05) is 30.8 Å². The molecule has 2 heterocycles. The number of halogens is 3. The van der Waals surface area contributed by atoms with E-state index in [1.54, 1.807) is 22.3 Å². The second kappa shape index (κ2) is 8.12. The molecule has 1 aromatic heterocycles. The van der Waals surface area contributed by atoms with Crippen molar-refractivity contribution < 1.29 is 22.8 Å². The average molecular weight is 396 g/mol. The molecule has 2 aromatic rings. The Hall–Kier alpha value is -2.35. The number of nitrogens with zero attached hydrogens (tertiary/aromatic N) is 1. The van der Waals surface area contributed by atoms with Gasteiger partial charge in [0.05, 0.1) is 0 Å². The molecule has 27 heavy (non-hydrogen) atoms. The van der Waals surface area contributed by atoms with Gasteiger partial charge in [-0.05, 0) is 29.0 Å². The molecular weight excluding hydrogens is 377 g/mol. The Morgan fingerprint density at radius 2 is 1.89 bits per heavy atom. The Morgan fingerprint density at radius 1 is 1.15 bits per heavy atom. The molecule has 1 aliphatic heterocycles. The molecule has 0 radical (unpaired) electrons. The summed E-state index contributed by atoms with van der Waals surface area (Å²) in [6.45, 7) is 1.07. The van der Waals surface area contributed by atoms with Crippen molar-refractivity contribution in [1.82, 2.24) is 10.2 Å². The van der Waals surface area contributed by atoms with Crippen LogP contribution >= 0.6 is 11.3 Å². The highest BCUT2D eigenvalue weighted by atomic mass is 32.1. The molecule has 0 aliphatic carbocycles. The number of carbonyl (C=O) groups excluding carboxylic acids is 2. The van der Waals surface area contributed by atoms with Crippen molar-refractivity contribution in [2.45, 2.75) is 38.0 Å². The third-order valence-electron chi connectivity index (χ3n) is 4.49. The summed E-state index contributed by atoms with van der Waals surface area (Å²) in [6.07, 6.45) is -4.21. The molecular formula is C19H19F3N2O2S. The minimum absolute atomic E-state index is 0.0364. The van der Waals surface area contributed by atoms with Gasteiger partial charge in [-0.25, -0.2) is 0 Å². The van der Waals surface area contributed by atoms with Gasteiger partial charge >= 0.3 is 6.18 Å². The first kappa shape index (κ1) is 19.4. The molecule has 0 spiro atoms. The van der Waals surface area contributed by atoms with Gasteiger partial charge in [0.15, 0.2) is 6.04 Å². The molecule has 1 atom stereocenters. The minimum atomic E-state index is -4.61. The molecule has 1 unspecified atom stereocenters. The smallest absolute Gasteiger partial charge is 0.341 e. The second-order valence-electron chi connectivity index (χ2n) is 6.39. The molecule has 4 nitrogen and oxygen atoms in total. The maximum Gasteiger partial charge on any atom is 0.412 e. The number of nitrogens with one attached hydrogen (secondary N) is 1. The van der Waals surface area contributed by atoms with Gasteiger partial charge in [0.1, 0.15) is 0 Å². The maximum atomic E-state index is 13.3.